The number of rotatable bonds is 3. The first-order chi connectivity index (χ1) is 8.43. The minimum Gasteiger partial charge on any atom is -0.475 e. The van der Waals surface area contributed by atoms with Crippen molar-refractivity contribution in [2.45, 2.75) is 12.6 Å². The van der Waals surface area contributed by atoms with Gasteiger partial charge in [-0.2, -0.15) is 5.10 Å². The monoisotopic (exact) mass is 230 g/mol. The molecule has 1 atom stereocenters. The number of aromatic nitrogens is 3. The molecular formula is C12H14N4O. The predicted octanol–water partition coefficient (Wildman–Crippen LogP) is 1.00. The lowest BCUT2D eigenvalue weighted by molar-refractivity contribution is 0.212. The van der Waals surface area contributed by atoms with Crippen molar-refractivity contribution in [2.24, 2.45) is 0 Å². The van der Waals surface area contributed by atoms with Gasteiger partial charge in [0, 0.05) is 31.5 Å². The van der Waals surface area contributed by atoms with Crippen molar-refractivity contribution < 1.29 is 4.74 Å². The lowest BCUT2D eigenvalue weighted by atomic mass is 10.2. The van der Waals surface area contributed by atoms with Crippen LogP contribution in [0.3, 0.4) is 0 Å². The molecule has 0 saturated heterocycles. The molecule has 2 aromatic heterocycles. The van der Waals surface area contributed by atoms with E-state index in [1.54, 1.807) is 6.20 Å². The Morgan fingerprint density at radius 3 is 3.24 bits per heavy atom. The van der Waals surface area contributed by atoms with Crippen molar-refractivity contribution in [1.29, 1.82) is 0 Å². The average molecular weight is 230 g/mol. The number of nitrogens with one attached hydrogen (secondary N) is 1. The van der Waals surface area contributed by atoms with Crippen LogP contribution < -0.4 is 10.1 Å². The second-order valence-electron chi connectivity index (χ2n) is 4.03. The van der Waals surface area contributed by atoms with E-state index in [1.165, 1.54) is 5.69 Å². The third-order valence-corrected chi connectivity index (χ3v) is 2.85. The fourth-order valence-electron chi connectivity index (χ4n) is 2.01. The largest absolute Gasteiger partial charge is 0.475 e. The van der Waals surface area contributed by atoms with Crippen LogP contribution >= 0.6 is 0 Å². The van der Waals surface area contributed by atoms with Crippen LogP contribution in [0.5, 0.6) is 5.88 Å². The van der Waals surface area contributed by atoms with Gasteiger partial charge in [-0.3, -0.25) is 4.68 Å². The van der Waals surface area contributed by atoms with Crippen molar-refractivity contribution in [1.82, 2.24) is 20.1 Å². The lowest BCUT2D eigenvalue weighted by Crippen LogP contribution is -2.36. The smallest absolute Gasteiger partial charge is 0.213 e. The highest BCUT2D eigenvalue weighted by molar-refractivity contribution is 5.10. The quantitative estimate of drug-likeness (QED) is 0.854. The molecule has 5 nitrogen and oxygen atoms in total. The van der Waals surface area contributed by atoms with Crippen molar-refractivity contribution in [2.75, 3.05) is 13.2 Å². The first-order valence-corrected chi connectivity index (χ1v) is 5.70. The lowest BCUT2D eigenvalue weighted by Gasteiger charge is -2.25. The molecule has 0 spiro atoms. The van der Waals surface area contributed by atoms with E-state index in [0.29, 0.717) is 12.5 Å². The van der Waals surface area contributed by atoms with Gasteiger partial charge in [0.1, 0.15) is 6.61 Å². The van der Waals surface area contributed by atoms with Gasteiger partial charge >= 0.3 is 0 Å². The molecule has 2 aromatic rings. The van der Waals surface area contributed by atoms with Crippen LogP contribution in [-0.4, -0.2) is 27.9 Å². The Bertz CT molecular complexity index is 482. The minimum absolute atomic E-state index is 0.232. The molecule has 3 rings (SSSR count). The maximum Gasteiger partial charge on any atom is 0.213 e. The van der Waals surface area contributed by atoms with Crippen molar-refractivity contribution >= 4 is 0 Å². The van der Waals surface area contributed by atoms with Crippen LogP contribution in [0.15, 0.2) is 36.7 Å². The fraction of sp³-hybridized carbons (Fsp3) is 0.333. The van der Waals surface area contributed by atoms with Gasteiger partial charge < -0.3 is 10.1 Å². The molecule has 0 bridgehead atoms. The third-order valence-electron chi connectivity index (χ3n) is 2.85. The number of nitrogens with zero attached hydrogens (tertiary/aromatic N) is 3. The summed E-state index contributed by atoms with van der Waals surface area (Å²) in [7, 11) is 0. The zero-order valence-corrected chi connectivity index (χ0v) is 9.41. The first-order valence-electron chi connectivity index (χ1n) is 5.70. The number of hydrogen-bond donors (Lipinski definition) is 1. The molecule has 0 saturated carbocycles. The van der Waals surface area contributed by atoms with Gasteiger partial charge in [0.15, 0.2) is 0 Å². The Kier molecular flexibility index (Phi) is 2.75. The summed E-state index contributed by atoms with van der Waals surface area (Å²) in [6.07, 6.45) is 3.56. The molecule has 0 fully saturated rings. The highest BCUT2D eigenvalue weighted by Crippen LogP contribution is 2.15. The van der Waals surface area contributed by atoms with E-state index in [1.807, 2.05) is 35.1 Å². The molecule has 1 aliphatic heterocycles. The molecule has 88 valence electrons. The number of ether oxygens (including phenoxy) is 1. The maximum absolute atomic E-state index is 5.66. The van der Waals surface area contributed by atoms with Gasteiger partial charge in [0.2, 0.25) is 5.88 Å². The van der Waals surface area contributed by atoms with Gasteiger partial charge in [-0.1, -0.05) is 6.07 Å². The molecule has 0 amide bonds. The fourth-order valence-corrected chi connectivity index (χ4v) is 2.01. The van der Waals surface area contributed by atoms with E-state index in [-0.39, 0.29) is 6.04 Å². The Hall–Kier alpha value is -1.88. The summed E-state index contributed by atoms with van der Waals surface area (Å²) in [5.41, 5.74) is 1.20. The highest BCUT2D eigenvalue weighted by Gasteiger charge is 2.20. The van der Waals surface area contributed by atoms with E-state index < -0.39 is 0 Å². The van der Waals surface area contributed by atoms with Crippen LogP contribution in [0.2, 0.25) is 0 Å². The van der Waals surface area contributed by atoms with Gasteiger partial charge in [-0.15, -0.1) is 0 Å². The van der Waals surface area contributed by atoms with E-state index in [0.717, 1.165) is 13.1 Å². The van der Waals surface area contributed by atoms with Crippen molar-refractivity contribution in [3.05, 3.63) is 42.4 Å². The zero-order valence-electron chi connectivity index (χ0n) is 9.41. The first kappa shape index (κ1) is 10.3. The van der Waals surface area contributed by atoms with Crippen LogP contribution in [0.4, 0.5) is 0 Å². The second-order valence-corrected chi connectivity index (χ2v) is 4.03. The average Bonchev–Trinajstić information content (AvgIpc) is 2.86. The summed E-state index contributed by atoms with van der Waals surface area (Å²) in [5.74, 6) is 0.659. The Labute approximate surface area is 99.4 Å². The van der Waals surface area contributed by atoms with Gasteiger partial charge in [0.25, 0.3) is 0 Å². The van der Waals surface area contributed by atoms with Crippen molar-refractivity contribution in [3.63, 3.8) is 0 Å². The van der Waals surface area contributed by atoms with Crippen LogP contribution in [-0.2, 0) is 6.54 Å². The van der Waals surface area contributed by atoms with E-state index in [4.69, 9.17) is 4.74 Å². The molecule has 0 radical (unpaired) electrons. The van der Waals surface area contributed by atoms with Crippen molar-refractivity contribution in [3.8, 4) is 5.88 Å². The molecule has 1 aliphatic rings. The predicted molar refractivity (Wildman–Crippen MR) is 62.7 cm³/mol. The van der Waals surface area contributed by atoms with Gasteiger partial charge in [0.05, 0.1) is 11.7 Å². The molecule has 1 N–H and O–H groups in total. The molecule has 5 heteroatoms. The van der Waals surface area contributed by atoms with Gasteiger partial charge in [-0.05, 0) is 12.1 Å². The standard InChI is InChI=1S/C12H14N4O/c1-2-5-14-12(3-1)17-9-11-8-13-7-10-4-6-15-16(10)11/h1-6,11,13H,7-9H2/t11-/m0/s1. The Morgan fingerprint density at radius 1 is 1.35 bits per heavy atom. The summed E-state index contributed by atoms with van der Waals surface area (Å²) >= 11 is 0. The minimum atomic E-state index is 0.232. The molecule has 0 aromatic carbocycles. The number of pyridine rings is 1. The molecular weight excluding hydrogens is 216 g/mol. The summed E-state index contributed by atoms with van der Waals surface area (Å²) in [6, 6.07) is 7.91. The normalized spacial score (nSPS) is 18.7. The number of hydrogen-bond acceptors (Lipinski definition) is 4. The Morgan fingerprint density at radius 2 is 2.35 bits per heavy atom. The Balaban J connectivity index is 1.68. The van der Waals surface area contributed by atoms with Crippen LogP contribution in [0.25, 0.3) is 0 Å². The third kappa shape index (κ3) is 2.14. The number of fused-ring (bicyclic) bond motifs is 1. The molecule has 0 unspecified atom stereocenters. The topological polar surface area (TPSA) is 52.0 Å². The van der Waals surface area contributed by atoms with E-state index in [2.05, 4.69) is 15.4 Å². The SMILES string of the molecule is c1ccc(OC[C@@H]2CNCc3ccnn32)nc1. The van der Waals surface area contributed by atoms with Crippen LogP contribution in [0, 0.1) is 0 Å². The molecule has 0 aliphatic carbocycles. The maximum atomic E-state index is 5.66. The summed E-state index contributed by atoms with van der Waals surface area (Å²) in [5, 5.41) is 7.68. The second kappa shape index (κ2) is 4.55. The van der Waals surface area contributed by atoms with Gasteiger partial charge in [-0.25, -0.2) is 4.98 Å². The summed E-state index contributed by atoms with van der Waals surface area (Å²) < 4.78 is 7.69. The molecule has 3 heterocycles. The zero-order chi connectivity index (χ0) is 11.5. The van der Waals surface area contributed by atoms with Crippen LogP contribution in [0.1, 0.15) is 11.7 Å². The summed E-state index contributed by atoms with van der Waals surface area (Å²) in [6.45, 7) is 2.33. The summed E-state index contributed by atoms with van der Waals surface area (Å²) in [4.78, 5) is 4.13. The molecule has 17 heavy (non-hydrogen) atoms. The van der Waals surface area contributed by atoms with E-state index in [9.17, 15) is 0 Å². The highest BCUT2D eigenvalue weighted by atomic mass is 16.5. The van der Waals surface area contributed by atoms with E-state index >= 15 is 0 Å².